The first kappa shape index (κ1) is 18.5. The van der Waals surface area contributed by atoms with Crippen LogP contribution in [0.15, 0.2) is 0 Å². The molecule has 6 heteroatoms. The average Bonchev–Trinajstić information content (AvgIpc) is 2.20. The first-order chi connectivity index (χ1) is 6.63. The predicted molar refractivity (Wildman–Crippen MR) is 51.6 cm³/mol. The molecule has 0 saturated carbocycles. The van der Waals surface area contributed by atoms with Crippen LogP contribution in [0.4, 0.5) is 0 Å². The summed E-state index contributed by atoms with van der Waals surface area (Å²) in [7, 11) is 1.44. The first-order valence-corrected chi connectivity index (χ1v) is 4.75. The van der Waals surface area contributed by atoms with Gasteiger partial charge in [0.1, 0.15) is 6.10 Å². The van der Waals surface area contributed by atoms with E-state index in [0.717, 1.165) is 0 Å². The van der Waals surface area contributed by atoms with Gasteiger partial charge in [-0.3, -0.25) is 0 Å². The molecule has 3 atom stereocenters. The summed E-state index contributed by atoms with van der Waals surface area (Å²) in [6, 6.07) is 0. The number of aliphatic hydroxyl groups excluding tert-OH is 1. The van der Waals surface area contributed by atoms with Crippen molar-refractivity contribution in [3.8, 4) is 0 Å². The van der Waals surface area contributed by atoms with Gasteiger partial charge in [0, 0.05) is 20.0 Å². The van der Waals surface area contributed by atoms with E-state index in [2.05, 4.69) is 0 Å². The van der Waals surface area contributed by atoms with E-state index in [9.17, 15) is 9.90 Å². The number of carbonyl (C=O) groups excluding carboxylic acids is 1. The van der Waals surface area contributed by atoms with Gasteiger partial charge in [0.2, 0.25) is 0 Å². The molecule has 15 heavy (non-hydrogen) atoms. The van der Waals surface area contributed by atoms with Crippen LogP contribution in [0.5, 0.6) is 0 Å². The van der Waals surface area contributed by atoms with Crippen LogP contribution in [0.3, 0.4) is 0 Å². The second-order valence-corrected chi connectivity index (χ2v) is 2.78. The third-order valence-corrected chi connectivity index (χ3v) is 1.82. The number of rotatable bonds is 2. The Labute approximate surface area is 139 Å². The van der Waals surface area contributed by atoms with E-state index in [-0.39, 0.29) is 64.6 Å². The molecule has 84 valence electrons. The SMILES string of the molecule is CC.COC1CC(O)CC(C([NH-])=O)O1.[Rb+]. The van der Waals surface area contributed by atoms with Crippen LogP contribution >= 0.6 is 0 Å². The van der Waals surface area contributed by atoms with E-state index < -0.39 is 24.4 Å². The minimum absolute atomic E-state index is 0. The number of amides is 1. The Balaban J connectivity index is 0. The van der Waals surface area contributed by atoms with E-state index in [1.54, 1.807) is 0 Å². The van der Waals surface area contributed by atoms with Gasteiger partial charge in [0.25, 0.3) is 0 Å². The molecule has 1 saturated heterocycles. The molecule has 0 radical (unpaired) electrons. The van der Waals surface area contributed by atoms with Crippen molar-refractivity contribution in [3.05, 3.63) is 5.73 Å². The third-order valence-electron chi connectivity index (χ3n) is 1.82. The second-order valence-electron chi connectivity index (χ2n) is 2.78. The van der Waals surface area contributed by atoms with E-state index in [1.807, 2.05) is 13.8 Å². The van der Waals surface area contributed by atoms with Crippen molar-refractivity contribution < 1.29 is 77.6 Å². The molecule has 0 aliphatic carbocycles. The maximum atomic E-state index is 10.6. The molecular weight excluding hydrogens is 272 g/mol. The van der Waals surface area contributed by atoms with Crippen LogP contribution in [0.1, 0.15) is 26.7 Å². The number of nitrogens with one attached hydrogen (secondary N) is 1. The maximum Gasteiger partial charge on any atom is 1.00 e. The largest absolute Gasteiger partial charge is 1.00 e. The number of hydrogen-bond donors (Lipinski definition) is 1. The first-order valence-electron chi connectivity index (χ1n) is 4.75. The number of ether oxygens (including phenoxy) is 2. The molecular formula is C9H18NO4Rb. The molecule has 0 bridgehead atoms. The molecule has 1 fully saturated rings. The fourth-order valence-corrected chi connectivity index (χ4v) is 1.18. The molecule has 1 aliphatic heterocycles. The minimum atomic E-state index is -0.835. The van der Waals surface area contributed by atoms with Crippen molar-refractivity contribution in [2.24, 2.45) is 0 Å². The number of carbonyl (C=O) groups is 1. The average molecular weight is 290 g/mol. The van der Waals surface area contributed by atoms with Crippen LogP contribution in [0.25, 0.3) is 5.73 Å². The topological polar surface area (TPSA) is 79.6 Å². The Morgan fingerprint density at radius 3 is 2.40 bits per heavy atom. The monoisotopic (exact) mass is 289 g/mol. The van der Waals surface area contributed by atoms with Gasteiger partial charge in [-0.05, 0) is 0 Å². The molecule has 1 rings (SSSR count). The van der Waals surface area contributed by atoms with Gasteiger partial charge >= 0.3 is 58.2 Å². The van der Waals surface area contributed by atoms with Crippen molar-refractivity contribution in [3.63, 3.8) is 0 Å². The molecule has 2 N–H and O–H groups in total. The summed E-state index contributed by atoms with van der Waals surface area (Å²) in [6.45, 7) is 4.00. The van der Waals surface area contributed by atoms with Crippen molar-refractivity contribution >= 4 is 5.91 Å². The van der Waals surface area contributed by atoms with E-state index >= 15 is 0 Å². The zero-order chi connectivity index (χ0) is 11.1. The van der Waals surface area contributed by atoms with Crippen molar-refractivity contribution in [1.82, 2.24) is 0 Å². The summed E-state index contributed by atoms with van der Waals surface area (Å²) in [5.41, 5.74) is 6.80. The predicted octanol–water partition coefficient (Wildman–Crippen LogP) is -1.89. The van der Waals surface area contributed by atoms with Crippen molar-refractivity contribution in [2.45, 2.75) is 45.2 Å². The fraction of sp³-hybridized carbons (Fsp3) is 0.889. The van der Waals surface area contributed by atoms with Gasteiger partial charge in [-0.15, -0.1) is 0 Å². The standard InChI is InChI=1S/C7H13NO4.C2H6.Rb/c1-11-6-3-4(9)2-5(12-6)7(8)10;1-2;/h4-6,9H,2-3H2,1H3,(H2,8,10);1-2H3;/q;;+1/p-1. The Hall–Kier alpha value is 1.16. The molecule has 5 nitrogen and oxygen atoms in total. The van der Waals surface area contributed by atoms with Crippen LogP contribution in [-0.4, -0.2) is 36.6 Å². The van der Waals surface area contributed by atoms with Crippen LogP contribution in [0.2, 0.25) is 0 Å². The van der Waals surface area contributed by atoms with Gasteiger partial charge in [-0.1, -0.05) is 13.8 Å². The molecule has 3 unspecified atom stereocenters. The Bertz CT molecular complexity index is 179. The Morgan fingerprint density at radius 1 is 1.47 bits per heavy atom. The fourth-order valence-electron chi connectivity index (χ4n) is 1.18. The molecule has 0 aromatic rings. The number of aliphatic hydroxyl groups is 1. The molecule has 0 aromatic heterocycles. The summed E-state index contributed by atoms with van der Waals surface area (Å²) in [6.07, 6.45) is -1.45. The smallest absolute Gasteiger partial charge is 0.666 e. The molecule has 1 aliphatic rings. The normalized spacial score (nSPS) is 29.5. The third kappa shape index (κ3) is 7.15. The van der Waals surface area contributed by atoms with Gasteiger partial charge in [-0.2, -0.15) is 0 Å². The second kappa shape index (κ2) is 10.3. The van der Waals surface area contributed by atoms with Crippen molar-refractivity contribution in [2.75, 3.05) is 7.11 Å². The summed E-state index contributed by atoms with van der Waals surface area (Å²) < 4.78 is 9.87. The summed E-state index contributed by atoms with van der Waals surface area (Å²) in [5, 5.41) is 9.23. The Kier molecular flexibility index (Phi) is 12.7. The van der Waals surface area contributed by atoms with E-state index in [4.69, 9.17) is 15.2 Å². The summed E-state index contributed by atoms with van der Waals surface area (Å²) in [5.74, 6) is -0.809. The zero-order valence-electron chi connectivity index (χ0n) is 9.82. The summed E-state index contributed by atoms with van der Waals surface area (Å²) >= 11 is 0. The molecule has 0 spiro atoms. The van der Waals surface area contributed by atoms with Gasteiger partial charge in [-0.25, -0.2) is 0 Å². The van der Waals surface area contributed by atoms with Crippen LogP contribution in [-0.2, 0) is 14.3 Å². The van der Waals surface area contributed by atoms with Crippen LogP contribution in [0, 0.1) is 0 Å². The van der Waals surface area contributed by atoms with Gasteiger partial charge in [0.05, 0.1) is 12.0 Å². The molecule has 0 aromatic carbocycles. The maximum absolute atomic E-state index is 10.6. The minimum Gasteiger partial charge on any atom is -0.666 e. The van der Waals surface area contributed by atoms with Crippen molar-refractivity contribution in [1.29, 1.82) is 0 Å². The molecule has 1 amide bonds. The number of hydrogen-bond acceptors (Lipinski definition) is 4. The summed E-state index contributed by atoms with van der Waals surface area (Å²) in [4.78, 5) is 10.6. The van der Waals surface area contributed by atoms with Gasteiger partial charge in [0.15, 0.2) is 6.29 Å². The zero-order valence-corrected chi connectivity index (χ0v) is 14.7. The quantitative estimate of drug-likeness (QED) is 0.644. The Morgan fingerprint density at radius 2 is 2.00 bits per heavy atom. The van der Waals surface area contributed by atoms with Crippen LogP contribution < -0.4 is 58.2 Å². The number of methoxy groups -OCH3 is 1. The van der Waals surface area contributed by atoms with Gasteiger partial charge < -0.3 is 25.1 Å². The van der Waals surface area contributed by atoms with E-state index in [1.165, 1.54) is 7.11 Å². The van der Waals surface area contributed by atoms with E-state index in [0.29, 0.717) is 6.42 Å². The molecule has 1 heterocycles.